The van der Waals surface area contributed by atoms with Crippen LogP contribution in [0.25, 0.3) is 10.9 Å². The van der Waals surface area contributed by atoms with Gasteiger partial charge in [-0.15, -0.1) is 11.3 Å². The summed E-state index contributed by atoms with van der Waals surface area (Å²) in [5.74, 6) is 0. The van der Waals surface area contributed by atoms with Gasteiger partial charge in [0.2, 0.25) is 0 Å². The Labute approximate surface area is 129 Å². The Hall–Kier alpha value is -1.86. The number of H-pyrrole nitrogens is 1. The van der Waals surface area contributed by atoms with Gasteiger partial charge in [0.25, 0.3) is 0 Å². The smallest absolute Gasteiger partial charge is 0.359 e. The molecule has 0 radical (unpaired) electrons. The van der Waals surface area contributed by atoms with Gasteiger partial charge in [0, 0.05) is 35.4 Å². The van der Waals surface area contributed by atoms with Crippen LogP contribution in [0.1, 0.15) is 21.1 Å². The Balaban J connectivity index is 1.61. The molecule has 1 aromatic carbocycles. The van der Waals surface area contributed by atoms with Crippen molar-refractivity contribution in [2.24, 2.45) is 0 Å². The summed E-state index contributed by atoms with van der Waals surface area (Å²) in [5, 5.41) is 3.48. The molecule has 0 saturated carbocycles. The lowest BCUT2D eigenvalue weighted by Gasteiger charge is -2.03. The summed E-state index contributed by atoms with van der Waals surface area (Å²) in [7, 11) is 0. The third-order valence-corrected chi connectivity index (χ3v) is 4.29. The minimum atomic E-state index is -4.36. The first-order valence-electron chi connectivity index (χ1n) is 6.73. The maximum Gasteiger partial charge on any atom is 0.443 e. The molecule has 0 atom stereocenters. The number of thiazole rings is 1. The van der Waals surface area contributed by atoms with Crippen LogP contribution in [-0.2, 0) is 19.3 Å². The fourth-order valence-electron chi connectivity index (χ4n) is 2.29. The van der Waals surface area contributed by atoms with Gasteiger partial charge in [-0.1, -0.05) is 6.07 Å². The highest BCUT2D eigenvalue weighted by atomic mass is 32.1. The standard InChI is InChI=1S/C15H14F3N3S/c1-9-4-11-5-10(2-3-13(11)21-9)6-19-7-12-8-20-14(22-12)15(16,17)18/h2-5,8,19,21H,6-7H2,1H3. The van der Waals surface area contributed by atoms with Gasteiger partial charge in [0.05, 0.1) is 0 Å². The number of rotatable bonds is 4. The van der Waals surface area contributed by atoms with E-state index in [2.05, 4.69) is 27.4 Å². The summed E-state index contributed by atoms with van der Waals surface area (Å²) in [4.78, 5) is 7.23. The Morgan fingerprint density at radius 2 is 2.05 bits per heavy atom. The first-order valence-corrected chi connectivity index (χ1v) is 7.54. The lowest BCUT2D eigenvalue weighted by atomic mass is 10.1. The van der Waals surface area contributed by atoms with Crippen LogP contribution in [0.5, 0.6) is 0 Å². The number of aromatic nitrogens is 2. The minimum absolute atomic E-state index is 0.373. The van der Waals surface area contributed by atoms with E-state index >= 15 is 0 Å². The van der Waals surface area contributed by atoms with E-state index in [1.54, 1.807) is 0 Å². The van der Waals surface area contributed by atoms with Crippen molar-refractivity contribution in [1.82, 2.24) is 15.3 Å². The predicted octanol–water partition coefficient (Wildman–Crippen LogP) is 4.24. The van der Waals surface area contributed by atoms with Crippen molar-refractivity contribution >= 4 is 22.2 Å². The maximum absolute atomic E-state index is 12.5. The number of nitrogens with zero attached hydrogens (tertiary/aromatic N) is 1. The Bertz CT molecular complexity index is 789. The Morgan fingerprint density at radius 1 is 1.23 bits per heavy atom. The molecule has 22 heavy (non-hydrogen) atoms. The van der Waals surface area contributed by atoms with E-state index < -0.39 is 11.2 Å². The monoisotopic (exact) mass is 325 g/mol. The zero-order valence-corrected chi connectivity index (χ0v) is 12.6. The van der Waals surface area contributed by atoms with E-state index in [1.165, 1.54) is 6.20 Å². The quantitative estimate of drug-likeness (QED) is 0.753. The van der Waals surface area contributed by atoms with Gasteiger partial charge < -0.3 is 10.3 Å². The fraction of sp³-hybridized carbons (Fsp3) is 0.267. The van der Waals surface area contributed by atoms with Crippen molar-refractivity contribution in [3.05, 3.63) is 51.6 Å². The van der Waals surface area contributed by atoms with Gasteiger partial charge >= 0.3 is 6.18 Å². The zero-order valence-electron chi connectivity index (χ0n) is 11.8. The molecule has 3 nitrogen and oxygen atoms in total. The molecule has 116 valence electrons. The number of aryl methyl sites for hydroxylation is 1. The van der Waals surface area contributed by atoms with Crippen LogP contribution in [-0.4, -0.2) is 9.97 Å². The molecule has 7 heteroatoms. The van der Waals surface area contributed by atoms with Gasteiger partial charge in [0.15, 0.2) is 5.01 Å². The number of nitrogens with one attached hydrogen (secondary N) is 2. The van der Waals surface area contributed by atoms with Crippen LogP contribution in [0.15, 0.2) is 30.5 Å². The number of aromatic amines is 1. The molecule has 2 heterocycles. The number of halogens is 3. The number of hydrogen-bond acceptors (Lipinski definition) is 3. The molecule has 0 spiro atoms. The number of fused-ring (bicyclic) bond motifs is 1. The molecule has 0 aliphatic heterocycles. The second kappa shape index (κ2) is 5.73. The number of benzene rings is 1. The van der Waals surface area contributed by atoms with E-state index in [0.29, 0.717) is 29.3 Å². The normalized spacial score (nSPS) is 12.2. The molecule has 0 saturated heterocycles. The first-order chi connectivity index (χ1) is 10.4. The molecule has 2 N–H and O–H groups in total. The van der Waals surface area contributed by atoms with E-state index in [1.807, 2.05) is 19.1 Å². The van der Waals surface area contributed by atoms with E-state index in [9.17, 15) is 13.2 Å². The molecule has 0 amide bonds. The van der Waals surface area contributed by atoms with Crippen LogP contribution in [0.4, 0.5) is 13.2 Å². The summed E-state index contributed by atoms with van der Waals surface area (Å²) in [5.41, 5.74) is 3.27. The van der Waals surface area contributed by atoms with Crippen molar-refractivity contribution in [2.75, 3.05) is 0 Å². The molecule has 0 aliphatic carbocycles. The van der Waals surface area contributed by atoms with Crippen molar-refractivity contribution in [1.29, 1.82) is 0 Å². The van der Waals surface area contributed by atoms with Gasteiger partial charge in [-0.05, 0) is 36.1 Å². The third-order valence-electron chi connectivity index (χ3n) is 3.24. The first kappa shape index (κ1) is 15.1. The number of alkyl halides is 3. The topological polar surface area (TPSA) is 40.7 Å². The van der Waals surface area contributed by atoms with E-state index in [0.717, 1.165) is 22.2 Å². The van der Waals surface area contributed by atoms with Gasteiger partial charge in [-0.25, -0.2) is 4.98 Å². The Kier molecular flexibility index (Phi) is 3.92. The summed E-state index contributed by atoms with van der Waals surface area (Å²) < 4.78 is 37.4. The van der Waals surface area contributed by atoms with E-state index in [4.69, 9.17) is 0 Å². The van der Waals surface area contributed by atoms with Crippen LogP contribution in [0.2, 0.25) is 0 Å². The summed E-state index contributed by atoms with van der Waals surface area (Å²) in [6, 6.07) is 8.14. The zero-order chi connectivity index (χ0) is 15.7. The maximum atomic E-state index is 12.5. The predicted molar refractivity (Wildman–Crippen MR) is 80.7 cm³/mol. The summed E-state index contributed by atoms with van der Waals surface area (Å²) >= 11 is 0.677. The van der Waals surface area contributed by atoms with Crippen LogP contribution in [0.3, 0.4) is 0 Å². The lowest BCUT2D eigenvalue weighted by molar-refractivity contribution is -0.137. The third kappa shape index (κ3) is 3.31. The summed E-state index contributed by atoms with van der Waals surface area (Å²) in [6.45, 7) is 2.97. The van der Waals surface area contributed by atoms with Crippen LogP contribution >= 0.6 is 11.3 Å². The average molecular weight is 325 g/mol. The van der Waals surface area contributed by atoms with Gasteiger partial charge in [-0.2, -0.15) is 13.2 Å². The summed E-state index contributed by atoms with van der Waals surface area (Å²) in [6.07, 6.45) is -3.08. The molecule has 0 bridgehead atoms. The molecule has 2 aromatic heterocycles. The molecule has 0 aliphatic rings. The second-order valence-corrected chi connectivity index (χ2v) is 6.22. The average Bonchev–Trinajstić information content (AvgIpc) is 3.03. The molecular weight excluding hydrogens is 311 g/mol. The Morgan fingerprint density at radius 3 is 2.77 bits per heavy atom. The largest absolute Gasteiger partial charge is 0.443 e. The molecule has 3 rings (SSSR count). The SMILES string of the molecule is Cc1cc2cc(CNCc3cnc(C(F)(F)F)s3)ccc2[nH]1. The van der Waals surface area contributed by atoms with Crippen LogP contribution in [0, 0.1) is 6.92 Å². The highest BCUT2D eigenvalue weighted by molar-refractivity contribution is 7.11. The highest BCUT2D eigenvalue weighted by Gasteiger charge is 2.34. The van der Waals surface area contributed by atoms with Crippen LogP contribution < -0.4 is 5.32 Å². The van der Waals surface area contributed by atoms with E-state index in [-0.39, 0.29) is 0 Å². The van der Waals surface area contributed by atoms with Crippen molar-refractivity contribution < 1.29 is 13.2 Å². The minimum Gasteiger partial charge on any atom is -0.359 e. The van der Waals surface area contributed by atoms with Gasteiger partial charge in [-0.3, -0.25) is 0 Å². The molecular formula is C15H14F3N3S. The highest BCUT2D eigenvalue weighted by Crippen LogP contribution is 2.32. The second-order valence-electron chi connectivity index (χ2n) is 5.11. The molecule has 0 fully saturated rings. The van der Waals surface area contributed by atoms with Crippen molar-refractivity contribution in [2.45, 2.75) is 26.2 Å². The fourth-order valence-corrected chi connectivity index (χ4v) is 3.04. The number of hydrogen-bond donors (Lipinski definition) is 2. The molecule has 3 aromatic rings. The lowest BCUT2D eigenvalue weighted by Crippen LogP contribution is -2.11. The van der Waals surface area contributed by atoms with Crippen molar-refractivity contribution in [3.63, 3.8) is 0 Å². The van der Waals surface area contributed by atoms with Gasteiger partial charge in [0.1, 0.15) is 0 Å². The molecule has 0 unspecified atom stereocenters. The van der Waals surface area contributed by atoms with Crippen molar-refractivity contribution in [3.8, 4) is 0 Å².